The van der Waals surface area contributed by atoms with Crippen LogP contribution in [0, 0.1) is 13.8 Å². The van der Waals surface area contributed by atoms with Crippen LogP contribution in [0.1, 0.15) is 27.0 Å². The van der Waals surface area contributed by atoms with E-state index in [2.05, 4.69) is 5.32 Å². The molecule has 0 aliphatic heterocycles. The van der Waals surface area contributed by atoms with Crippen molar-refractivity contribution in [1.82, 2.24) is 0 Å². The van der Waals surface area contributed by atoms with Crippen LogP contribution in [0.4, 0.5) is 24.5 Å². The van der Waals surface area contributed by atoms with Gasteiger partial charge in [0, 0.05) is 5.69 Å². The second-order valence-corrected chi connectivity index (χ2v) is 9.75. The van der Waals surface area contributed by atoms with Crippen molar-refractivity contribution >= 4 is 33.3 Å². The number of halogens is 3. The van der Waals surface area contributed by atoms with E-state index in [1.165, 1.54) is 43.5 Å². The van der Waals surface area contributed by atoms with Crippen molar-refractivity contribution in [3.63, 3.8) is 0 Å². The first-order valence-corrected chi connectivity index (χ1v) is 12.0. The summed E-state index contributed by atoms with van der Waals surface area (Å²) in [6.07, 6.45) is -4.72. The second kappa shape index (κ2) is 10.4. The lowest BCUT2D eigenvalue weighted by atomic mass is 10.1. The lowest BCUT2D eigenvalue weighted by Gasteiger charge is -2.25. The van der Waals surface area contributed by atoms with Gasteiger partial charge in [-0.3, -0.25) is 9.10 Å². The number of methoxy groups -OCH3 is 1. The third-order valence-corrected chi connectivity index (χ3v) is 7.16. The first kappa shape index (κ1) is 26.7. The first-order valence-electron chi connectivity index (χ1n) is 10.6. The molecule has 1 N–H and O–H groups in total. The number of amides is 1. The third-order valence-electron chi connectivity index (χ3n) is 5.37. The van der Waals surface area contributed by atoms with Gasteiger partial charge in [0.2, 0.25) is 5.91 Å². The zero-order valence-corrected chi connectivity index (χ0v) is 20.4. The van der Waals surface area contributed by atoms with Crippen LogP contribution in [0.15, 0.2) is 71.6 Å². The monoisotopic (exact) mass is 520 g/mol. The fraction of sp³-hybridized carbons (Fsp3) is 0.200. The Morgan fingerprint density at radius 1 is 0.972 bits per heavy atom. The topological polar surface area (TPSA) is 92.8 Å². The number of rotatable bonds is 7. The van der Waals surface area contributed by atoms with E-state index in [9.17, 15) is 31.2 Å². The molecule has 7 nitrogen and oxygen atoms in total. The molecule has 11 heteroatoms. The summed E-state index contributed by atoms with van der Waals surface area (Å²) in [5.41, 5.74) is 0.173. The highest BCUT2D eigenvalue weighted by molar-refractivity contribution is 7.92. The number of hydrogen-bond acceptors (Lipinski definition) is 5. The summed E-state index contributed by atoms with van der Waals surface area (Å²) in [7, 11) is -3.22. The minimum atomic E-state index is -4.72. The van der Waals surface area contributed by atoms with Crippen molar-refractivity contribution < 1.29 is 35.9 Å². The van der Waals surface area contributed by atoms with Gasteiger partial charge < -0.3 is 10.1 Å². The normalized spacial score (nSPS) is 11.6. The Hall–Kier alpha value is -3.86. The van der Waals surface area contributed by atoms with Crippen molar-refractivity contribution in [3.8, 4) is 0 Å². The molecule has 190 valence electrons. The number of carbonyl (C=O) groups is 2. The van der Waals surface area contributed by atoms with Gasteiger partial charge in [0.15, 0.2) is 0 Å². The number of aryl methyl sites for hydroxylation is 1. The molecular weight excluding hydrogens is 497 g/mol. The van der Waals surface area contributed by atoms with Crippen LogP contribution < -0.4 is 9.62 Å². The minimum Gasteiger partial charge on any atom is -0.465 e. The maximum atomic E-state index is 13.4. The zero-order valence-electron chi connectivity index (χ0n) is 19.6. The second-order valence-electron chi connectivity index (χ2n) is 7.89. The Balaban J connectivity index is 2.02. The number of ether oxygens (including phenoxy) is 1. The van der Waals surface area contributed by atoms with E-state index in [1.807, 2.05) is 0 Å². The van der Waals surface area contributed by atoms with E-state index in [-0.39, 0.29) is 21.8 Å². The molecule has 0 atom stereocenters. The third kappa shape index (κ3) is 5.85. The van der Waals surface area contributed by atoms with Gasteiger partial charge in [-0.05, 0) is 61.9 Å². The molecule has 0 spiro atoms. The molecule has 0 aromatic heterocycles. The highest BCUT2D eigenvalue weighted by atomic mass is 32.2. The van der Waals surface area contributed by atoms with Crippen LogP contribution in [0.2, 0.25) is 0 Å². The number of benzene rings is 3. The molecule has 3 rings (SSSR count). The molecule has 0 radical (unpaired) electrons. The van der Waals surface area contributed by atoms with Crippen LogP contribution >= 0.6 is 0 Å². The Kier molecular flexibility index (Phi) is 7.73. The maximum Gasteiger partial charge on any atom is 0.416 e. The van der Waals surface area contributed by atoms with E-state index < -0.39 is 40.2 Å². The SMILES string of the molecule is COC(=O)c1cccc(NC(=O)CN(c2cccc(C(F)(F)F)c2)S(=O)(=O)c2ccc(C)cc2)c1C. The van der Waals surface area contributed by atoms with E-state index >= 15 is 0 Å². The summed E-state index contributed by atoms with van der Waals surface area (Å²) in [6.45, 7) is 2.49. The predicted octanol–water partition coefficient (Wildman–Crippen LogP) is 4.94. The average Bonchev–Trinajstić information content (AvgIpc) is 2.83. The molecule has 0 saturated carbocycles. The quantitative estimate of drug-likeness (QED) is 0.446. The van der Waals surface area contributed by atoms with Gasteiger partial charge in [-0.1, -0.05) is 29.8 Å². The molecule has 0 bridgehead atoms. The summed E-state index contributed by atoms with van der Waals surface area (Å²) >= 11 is 0. The van der Waals surface area contributed by atoms with Gasteiger partial charge in [0.05, 0.1) is 28.8 Å². The van der Waals surface area contributed by atoms with Crippen molar-refractivity contribution in [3.05, 3.63) is 89.0 Å². The summed E-state index contributed by atoms with van der Waals surface area (Å²) in [5.74, 6) is -1.45. The standard InChI is InChI=1S/C25H23F3N2O5S/c1-16-10-12-20(13-11-16)36(33,34)30(19-7-4-6-18(14-19)25(26,27)28)15-23(31)29-22-9-5-8-21(17(22)2)24(32)35-3/h4-14H,15H2,1-3H3,(H,29,31). The summed E-state index contributed by atoms with van der Waals surface area (Å²) in [6, 6.07) is 13.9. The minimum absolute atomic E-state index is 0.192. The molecule has 0 saturated heterocycles. The lowest BCUT2D eigenvalue weighted by molar-refractivity contribution is -0.137. The van der Waals surface area contributed by atoms with Gasteiger partial charge in [0.1, 0.15) is 6.54 Å². The molecule has 3 aromatic rings. The number of nitrogens with one attached hydrogen (secondary N) is 1. The van der Waals surface area contributed by atoms with Crippen LogP contribution in [-0.4, -0.2) is 33.9 Å². The van der Waals surface area contributed by atoms with E-state index in [1.54, 1.807) is 26.0 Å². The number of esters is 1. The van der Waals surface area contributed by atoms with Crippen LogP contribution in [0.3, 0.4) is 0 Å². The molecular formula is C25H23F3N2O5S. The number of anilines is 2. The molecule has 36 heavy (non-hydrogen) atoms. The smallest absolute Gasteiger partial charge is 0.416 e. The first-order chi connectivity index (χ1) is 16.8. The largest absolute Gasteiger partial charge is 0.465 e. The summed E-state index contributed by atoms with van der Waals surface area (Å²) < 4.78 is 72.2. The molecule has 0 unspecified atom stereocenters. The van der Waals surface area contributed by atoms with Gasteiger partial charge in [-0.2, -0.15) is 13.2 Å². The molecule has 0 aliphatic carbocycles. The number of sulfonamides is 1. The lowest BCUT2D eigenvalue weighted by Crippen LogP contribution is -2.38. The van der Waals surface area contributed by atoms with E-state index in [0.717, 1.165) is 17.7 Å². The van der Waals surface area contributed by atoms with Crippen molar-refractivity contribution in [2.75, 3.05) is 23.3 Å². The van der Waals surface area contributed by atoms with Gasteiger partial charge in [-0.25, -0.2) is 13.2 Å². The van der Waals surface area contributed by atoms with Crippen molar-refractivity contribution in [1.29, 1.82) is 0 Å². The Bertz CT molecular complexity index is 1390. The summed E-state index contributed by atoms with van der Waals surface area (Å²) in [4.78, 5) is 24.7. The van der Waals surface area contributed by atoms with Crippen molar-refractivity contribution in [2.45, 2.75) is 24.9 Å². The predicted molar refractivity (Wildman–Crippen MR) is 128 cm³/mol. The highest BCUT2D eigenvalue weighted by Crippen LogP contribution is 2.33. The van der Waals surface area contributed by atoms with Gasteiger partial charge in [-0.15, -0.1) is 0 Å². The van der Waals surface area contributed by atoms with Crippen molar-refractivity contribution in [2.24, 2.45) is 0 Å². The zero-order chi connectivity index (χ0) is 26.7. The van der Waals surface area contributed by atoms with E-state index in [4.69, 9.17) is 4.74 Å². The Morgan fingerprint density at radius 2 is 1.61 bits per heavy atom. The van der Waals surface area contributed by atoms with Crippen LogP contribution in [0.25, 0.3) is 0 Å². The van der Waals surface area contributed by atoms with E-state index in [0.29, 0.717) is 15.9 Å². The van der Waals surface area contributed by atoms with Gasteiger partial charge in [0.25, 0.3) is 10.0 Å². The fourth-order valence-electron chi connectivity index (χ4n) is 3.41. The number of carbonyl (C=O) groups excluding carboxylic acids is 2. The van der Waals surface area contributed by atoms with Crippen LogP contribution in [0.5, 0.6) is 0 Å². The van der Waals surface area contributed by atoms with Gasteiger partial charge >= 0.3 is 12.1 Å². The number of alkyl halides is 3. The molecule has 0 aliphatic rings. The Morgan fingerprint density at radius 3 is 2.22 bits per heavy atom. The van der Waals surface area contributed by atoms with Crippen LogP contribution in [-0.2, 0) is 25.7 Å². The molecule has 1 amide bonds. The average molecular weight is 521 g/mol. The summed E-state index contributed by atoms with van der Waals surface area (Å²) in [5, 5.41) is 2.53. The fourth-order valence-corrected chi connectivity index (χ4v) is 4.83. The molecule has 3 aromatic carbocycles. The number of nitrogens with zero attached hydrogens (tertiary/aromatic N) is 1. The Labute approximate surface area is 206 Å². The molecule has 0 heterocycles. The number of hydrogen-bond donors (Lipinski definition) is 1. The molecule has 0 fully saturated rings. The highest BCUT2D eigenvalue weighted by Gasteiger charge is 2.33. The maximum absolute atomic E-state index is 13.4.